The van der Waals surface area contributed by atoms with E-state index in [0.717, 1.165) is 10.6 Å². The molecule has 4 aromatic rings. The van der Waals surface area contributed by atoms with Gasteiger partial charge in [-0.25, -0.2) is 14.4 Å². The van der Waals surface area contributed by atoms with Crippen LogP contribution < -0.4 is 4.90 Å². The molecule has 172 valence electrons. The van der Waals surface area contributed by atoms with Crippen LogP contribution in [-0.4, -0.2) is 56.9 Å². The highest BCUT2D eigenvalue weighted by Crippen LogP contribution is 2.34. The van der Waals surface area contributed by atoms with Crippen molar-refractivity contribution in [3.63, 3.8) is 0 Å². The fourth-order valence-corrected chi connectivity index (χ4v) is 4.66. The first-order valence-electron chi connectivity index (χ1n) is 10.7. The molecule has 4 heterocycles. The average Bonchev–Trinajstić information content (AvgIpc) is 3.30. The Morgan fingerprint density at radius 3 is 2.47 bits per heavy atom. The van der Waals surface area contributed by atoms with Crippen LogP contribution in [0.5, 0.6) is 0 Å². The molecule has 1 aliphatic heterocycles. The van der Waals surface area contributed by atoms with Gasteiger partial charge < -0.3 is 9.80 Å². The Morgan fingerprint density at radius 2 is 1.79 bits per heavy atom. The summed E-state index contributed by atoms with van der Waals surface area (Å²) in [6.45, 7) is 4.23. The smallest absolute Gasteiger partial charge is 0.273 e. The number of nitrogens with zero attached hydrogens (tertiary/aromatic N) is 6. The third-order valence-electron chi connectivity index (χ3n) is 5.63. The van der Waals surface area contributed by atoms with E-state index in [1.807, 2.05) is 11.8 Å². The predicted octanol–water partition coefficient (Wildman–Crippen LogP) is 4.73. The molecule has 0 unspecified atom stereocenters. The molecule has 1 aliphatic rings. The van der Waals surface area contributed by atoms with Crippen LogP contribution >= 0.6 is 22.9 Å². The number of rotatable bonds is 4. The first kappa shape index (κ1) is 22.4. The number of benzene rings is 1. The van der Waals surface area contributed by atoms with Crippen molar-refractivity contribution >= 4 is 34.7 Å². The number of aromatic nitrogens is 4. The van der Waals surface area contributed by atoms with Gasteiger partial charge in [-0.15, -0.1) is 11.3 Å². The van der Waals surface area contributed by atoms with E-state index < -0.39 is 0 Å². The Bertz CT molecular complexity index is 1340. The number of aryl methyl sites for hydroxylation is 1. The van der Waals surface area contributed by atoms with Gasteiger partial charge in [0.1, 0.15) is 23.0 Å². The van der Waals surface area contributed by atoms with E-state index >= 15 is 0 Å². The zero-order chi connectivity index (χ0) is 23.7. The zero-order valence-corrected chi connectivity index (χ0v) is 19.9. The lowest BCUT2D eigenvalue weighted by Crippen LogP contribution is -2.49. The Hall–Kier alpha value is -3.43. The van der Waals surface area contributed by atoms with Gasteiger partial charge >= 0.3 is 0 Å². The van der Waals surface area contributed by atoms with E-state index in [2.05, 4.69) is 19.9 Å². The van der Waals surface area contributed by atoms with Crippen LogP contribution in [-0.2, 0) is 0 Å². The van der Waals surface area contributed by atoms with Gasteiger partial charge in [-0.2, -0.15) is 0 Å². The summed E-state index contributed by atoms with van der Waals surface area (Å²) in [6, 6.07) is 7.91. The molecule has 0 spiro atoms. The van der Waals surface area contributed by atoms with E-state index in [1.54, 1.807) is 42.2 Å². The summed E-state index contributed by atoms with van der Waals surface area (Å²) in [6.07, 6.45) is 4.91. The maximum atomic E-state index is 13.5. The predicted molar refractivity (Wildman–Crippen MR) is 131 cm³/mol. The molecule has 5 rings (SSSR count). The summed E-state index contributed by atoms with van der Waals surface area (Å²) >= 11 is 7.91. The Labute approximate surface area is 204 Å². The lowest BCUT2D eigenvalue weighted by atomic mass is 10.0. The lowest BCUT2D eigenvalue weighted by Gasteiger charge is -2.35. The quantitative estimate of drug-likeness (QED) is 0.408. The third kappa shape index (κ3) is 4.49. The van der Waals surface area contributed by atoms with Gasteiger partial charge in [0.2, 0.25) is 0 Å². The number of carbonyl (C=O) groups is 1. The summed E-state index contributed by atoms with van der Waals surface area (Å²) in [5, 5.41) is 3.13. The first-order chi connectivity index (χ1) is 16.5. The van der Waals surface area contributed by atoms with Gasteiger partial charge in [-0.1, -0.05) is 11.6 Å². The minimum absolute atomic E-state index is 0.0500. The molecule has 0 radical (unpaired) electrons. The van der Waals surface area contributed by atoms with Crippen molar-refractivity contribution in [1.29, 1.82) is 0 Å². The molecular formula is C24H20ClFN6OS. The van der Waals surface area contributed by atoms with E-state index in [4.69, 9.17) is 16.6 Å². The topological polar surface area (TPSA) is 75.1 Å². The fourth-order valence-electron chi connectivity index (χ4n) is 3.87. The number of halogens is 2. The fraction of sp³-hybridized carbons (Fsp3) is 0.208. The second kappa shape index (κ2) is 9.44. The molecule has 0 aliphatic carbocycles. The van der Waals surface area contributed by atoms with Crippen molar-refractivity contribution in [2.45, 2.75) is 6.92 Å². The highest BCUT2D eigenvalue weighted by molar-refractivity contribution is 7.09. The van der Waals surface area contributed by atoms with Crippen LogP contribution in [0.15, 0.2) is 54.3 Å². The Kier molecular flexibility index (Phi) is 6.21. The van der Waals surface area contributed by atoms with Crippen molar-refractivity contribution < 1.29 is 9.18 Å². The number of amides is 1. The van der Waals surface area contributed by atoms with Crippen molar-refractivity contribution in [3.8, 4) is 22.5 Å². The monoisotopic (exact) mass is 494 g/mol. The molecule has 0 bridgehead atoms. The maximum Gasteiger partial charge on any atom is 0.273 e. The Morgan fingerprint density at radius 1 is 1.03 bits per heavy atom. The molecule has 0 N–H and O–H groups in total. The number of thiazole rings is 1. The normalized spacial score (nSPS) is 13.9. The molecule has 1 fully saturated rings. The summed E-state index contributed by atoms with van der Waals surface area (Å²) in [7, 11) is 0. The average molecular weight is 495 g/mol. The largest absolute Gasteiger partial charge is 0.352 e. The Balaban J connectivity index is 1.43. The first-order valence-corrected chi connectivity index (χ1v) is 11.9. The summed E-state index contributed by atoms with van der Waals surface area (Å²) in [5.74, 6) is 0.313. The van der Waals surface area contributed by atoms with Crippen molar-refractivity contribution in [1.82, 2.24) is 24.8 Å². The number of piperazine rings is 1. The minimum atomic E-state index is -0.322. The summed E-state index contributed by atoms with van der Waals surface area (Å²) in [5.41, 5.74) is 3.11. The van der Waals surface area contributed by atoms with E-state index in [-0.39, 0.29) is 11.7 Å². The maximum absolute atomic E-state index is 13.5. The van der Waals surface area contributed by atoms with Gasteiger partial charge in [0.15, 0.2) is 0 Å². The molecule has 7 nitrogen and oxygen atoms in total. The second-order valence-electron chi connectivity index (χ2n) is 7.82. The number of pyridine rings is 1. The zero-order valence-electron chi connectivity index (χ0n) is 18.3. The summed E-state index contributed by atoms with van der Waals surface area (Å²) < 4.78 is 13.5. The van der Waals surface area contributed by atoms with Crippen LogP contribution in [0.2, 0.25) is 5.02 Å². The molecular weight excluding hydrogens is 475 g/mol. The molecule has 0 atom stereocenters. The van der Waals surface area contributed by atoms with Crippen molar-refractivity contribution in [3.05, 3.63) is 75.8 Å². The lowest BCUT2D eigenvalue weighted by molar-refractivity contribution is 0.0741. The molecule has 1 aromatic carbocycles. The SMILES string of the molecule is Cc1nc(C(=O)N2CCN(c3cnc(-c4ccc(F)cc4)c(-c4ccncc4Cl)n3)CC2)cs1. The second-order valence-corrected chi connectivity index (χ2v) is 9.29. The van der Waals surface area contributed by atoms with Gasteiger partial charge in [-0.05, 0) is 37.3 Å². The van der Waals surface area contributed by atoms with Gasteiger partial charge in [0.25, 0.3) is 5.91 Å². The van der Waals surface area contributed by atoms with Gasteiger partial charge in [0, 0.05) is 55.1 Å². The standard InChI is InChI=1S/C24H20ClFN6OS/c1-15-29-20(14-34-15)24(33)32-10-8-31(9-11-32)21-13-28-22(16-2-4-17(26)5-3-16)23(30-21)18-6-7-27-12-19(18)25/h2-7,12-14H,8-11H2,1H3. The van der Waals surface area contributed by atoms with Crippen LogP contribution in [0, 0.1) is 12.7 Å². The van der Waals surface area contributed by atoms with Gasteiger partial charge in [0.05, 0.1) is 21.9 Å². The molecule has 10 heteroatoms. The number of anilines is 1. The molecule has 0 saturated carbocycles. The highest BCUT2D eigenvalue weighted by Gasteiger charge is 2.25. The number of hydrogen-bond acceptors (Lipinski definition) is 7. The number of carbonyl (C=O) groups excluding carboxylic acids is 1. The minimum Gasteiger partial charge on any atom is -0.352 e. The third-order valence-corrected chi connectivity index (χ3v) is 6.71. The van der Waals surface area contributed by atoms with E-state index in [1.165, 1.54) is 23.5 Å². The van der Waals surface area contributed by atoms with Crippen LogP contribution in [0.3, 0.4) is 0 Å². The van der Waals surface area contributed by atoms with Crippen LogP contribution in [0.25, 0.3) is 22.5 Å². The van der Waals surface area contributed by atoms with E-state index in [0.29, 0.717) is 59.7 Å². The molecule has 1 saturated heterocycles. The van der Waals surface area contributed by atoms with Gasteiger partial charge in [-0.3, -0.25) is 14.8 Å². The molecule has 34 heavy (non-hydrogen) atoms. The van der Waals surface area contributed by atoms with Crippen LogP contribution in [0.4, 0.5) is 10.2 Å². The summed E-state index contributed by atoms with van der Waals surface area (Å²) in [4.78, 5) is 34.6. The molecule has 3 aromatic heterocycles. The molecule has 1 amide bonds. The highest BCUT2D eigenvalue weighted by atomic mass is 35.5. The van der Waals surface area contributed by atoms with Crippen molar-refractivity contribution in [2.75, 3.05) is 31.1 Å². The van der Waals surface area contributed by atoms with E-state index in [9.17, 15) is 9.18 Å². The number of hydrogen-bond donors (Lipinski definition) is 0. The van der Waals surface area contributed by atoms with Crippen molar-refractivity contribution in [2.24, 2.45) is 0 Å². The van der Waals surface area contributed by atoms with Crippen LogP contribution in [0.1, 0.15) is 15.5 Å².